The van der Waals surface area contributed by atoms with E-state index in [9.17, 15) is 5.11 Å². The van der Waals surface area contributed by atoms with Gasteiger partial charge in [-0.15, -0.1) is 0 Å². The van der Waals surface area contributed by atoms with E-state index in [-0.39, 0.29) is 11.5 Å². The summed E-state index contributed by atoms with van der Waals surface area (Å²) in [6.45, 7) is 20.4. The fourth-order valence-electron chi connectivity index (χ4n) is 11.2. The van der Waals surface area contributed by atoms with Crippen molar-refractivity contribution in [3.63, 3.8) is 0 Å². The van der Waals surface area contributed by atoms with Gasteiger partial charge in [-0.1, -0.05) is 67.0 Å². The van der Waals surface area contributed by atoms with Gasteiger partial charge in [0, 0.05) is 0 Å². The number of hydrogen-bond donors (Lipinski definition) is 1. The van der Waals surface area contributed by atoms with Gasteiger partial charge >= 0.3 is 0 Å². The van der Waals surface area contributed by atoms with Crippen molar-refractivity contribution >= 4 is 0 Å². The van der Waals surface area contributed by atoms with Crippen LogP contribution in [0.25, 0.3) is 0 Å². The topological polar surface area (TPSA) is 20.2 Å². The monoisotopic (exact) mass is 426 g/mol. The van der Waals surface area contributed by atoms with Crippen molar-refractivity contribution in [2.45, 2.75) is 119 Å². The van der Waals surface area contributed by atoms with Crippen LogP contribution in [0.2, 0.25) is 0 Å². The van der Waals surface area contributed by atoms with E-state index in [0.29, 0.717) is 27.6 Å². The number of aliphatic hydroxyl groups is 1. The second-order valence-electron chi connectivity index (χ2n) is 14.7. The Kier molecular flexibility index (Phi) is 4.82. The Morgan fingerprint density at radius 2 is 1.48 bits per heavy atom. The van der Waals surface area contributed by atoms with Crippen LogP contribution in [0.3, 0.4) is 0 Å². The molecule has 0 heterocycles. The summed E-state index contributed by atoms with van der Waals surface area (Å²) in [5.74, 6) is 4.02. The minimum absolute atomic E-state index is 0.0432. The van der Waals surface area contributed by atoms with Crippen LogP contribution in [-0.2, 0) is 0 Å². The molecule has 0 saturated heterocycles. The van der Waals surface area contributed by atoms with Crippen LogP contribution >= 0.6 is 0 Å². The number of allylic oxidation sites excluding steroid dienone is 2. The zero-order valence-corrected chi connectivity index (χ0v) is 21.9. The van der Waals surface area contributed by atoms with Crippen molar-refractivity contribution in [1.82, 2.24) is 0 Å². The SMILES string of the molecule is CC(C)C1CCC2C1(C)CCC1(C)C3CCC4C(C)(CCC(O)C4(C)C)C3=CCC21C. The molecule has 0 aromatic heterocycles. The summed E-state index contributed by atoms with van der Waals surface area (Å²) in [6.07, 6.45) is 14.6. The quantitative estimate of drug-likeness (QED) is 0.421. The molecule has 9 unspecified atom stereocenters. The van der Waals surface area contributed by atoms with Crippen LogP contribution < -0.4 is 0 Å². The Morgan fingerprint density at radius 1 is 0.806 bits per heavy atom. The minimum atomic E-state index is -0.131. The molecule has 0 bridgehead atoms. The average molecular weight is 427 g/mol. The molecule has 9 atom stereocenters. The van der Waals surface area contributed by atoms with E-state index in [2.05, 4.69) is 61.5 Å². The third kappa shape index (κ3) is 2.60. The summed E-state index contributed by atoms with van der Waals surface area (Å²) in [4.78, 5) is 0. The van der Waals surface area contributed by atoms with E-state index >= 15 is 0 Å². The zero-order chi connectivity index (χ0) is 22.6. The molecule has 0 aromatic rings. The molecule has 176 valence electrons. The van der Waals surface area contributed by atoms with E-state index < -0.39 is 0 Å². The summed E-state index contributed by atoms with van der Waals surface area (Å²) in [5, 5.41) is 10.8. The van der Waals surface area contributed by atoms with Crippen LogP contribution in [0.5, 0.6) is 0 Å². The van der Waals surface area contributed by atoms with E-state index in [0.717, 1.165) is 30.1 Å². The van der Waals surface area contributed by atoms with Crippen molar-refractivity contribution in [3.05, 3.63) is 11.6 Å². The van der Waals surface area contributed by atoms with Crippen molar-refractivity contribution in [2.24, 2.45) is 56.7 Å². The normalized spacial score (nSPS) is 55.7. The first kappa shape index (κ1) is 22.5. The van der Waals surface area contributed by atoms with Crippen LogP contribution in [0.4, 0.5) is 0 Å². The Labute approximate surface area is 192 Å². The lowest BCUT2D eigenvalue weighted by Gasteiger charge is -2.69. The molecule has 31 heavy (non-hydrogen) atoms. The maximum absolute atomic E-state index is 10.8. The first-order valence-corrected chi connectivity index (χ1v) is 13.7. The van der Waals surface area contributed by atoms with Gasteiger partial charge < -0.3 is 5.11 Å². The van der Waals surface area contributed by atoms with E-state index in [1.54, 1.807) is 0 Å². The summed E-state index contributed by atoms with van der Waals surface area (Å²) in [6, 6.07) is 0. The highest BCUT2D eigenvalue weighted by molar-refractivity contribution is 5.33. The van der Waals surface area contributed by atoms with Crippen LogP contribution in [-0.4, -0.2) is 11.2 Å². The smallest absolute Gasteiger partial charge is 0.0594 e. The van der Waals surface area contributed by atoms with Crippen LogP contribution in [0, 0.1) is 56.7 Å². The lowest BCUT2D eigenvalue weighted by Crippen LogP contribution is -2.62. The highest BCUT2D eigenvalue weighted by Gasteiger charge is 2.68. The Hall–Kier alpha value is -0.300. The van der Waals surface area contributed by atoms with Gasteiger partial charge in [0.2, 0.25) is 0 Å². The minimum Gasteiger partial charge on any atom is -0.393 e. The first-order valence-electron chi connectivity index (χ1n) is 13.7. The second-order valence-corrected chi connectivity index (χ2v) is 14.7. The van der Waals surface area contributed by atoms with Crippen LogP contribution in [0.15, 0.2) is 11.6 Å². The molecule has 1 N–H and O–H groups in total. The van der Waals surface area contributed by atoms with E-state index in [1.807, 2.05) is 5.57 Å². The summed E-state index contributed by atoms with van der Waals surface area (Å²) in [5.41, 5.74) is 3.61. The van der Waals surface area contributed by atoms with Gasteiger partial charge in [-0.3, -0.25) is 0 Å². The van der Waals surface area contributed by atoms with Crippen molar-refractivity contribution in [1.29, 1.82) is 0 Å². The van der Waals surface area contributed by atoms with E-state index in [1.165, 1.54) is 51.4 Å². The van der Waals surface area contributed by atoms with Crippen molar-refractivity contribution in [2.75, 3.05) is 0 Å². The zero-order valence-electron chi connectivity index (χ0n) is 21.9. The third-order valence-corrected chi connectivity index (χ3v) is 13.2. The highest BCUT2D eigenvalue weighted by Crippen LogP contribution is 2.76. The molecule has 5 rings (SSSR count). The number of hydrogen-bond acceptors (Lipinski definition) is 1. The summed E-state index contributed by atoms with van der Waals surface area (Å²) >= 11 is 0. The van der Waals surface area contributed by atoms with Gasteiger partial charge in [0.1, 0.15) is 0 Å². The number of aliphatic hydroxyl groups excluding tert-OH is 1. The van der Waals surface area contributed by atoms with Gasteiger partial charge in [-0.05, 0) is 114 Å². The third-order valence-electron chi connectivity index (χ3n) is 13.2. The number of fused-ring (bicyclic) bond motifs is 7. The molecule has 0 spiro atoms. The van der Waals surface area contributed by atoms with Crippen molar-refractivity contribution in [3.8, 4) is 0 Å². The molecule has 0 aliphatic heterocycles. The van der Waals surface area contributed by atoms with Gasteiger partial charge in [0.25, 0.3) is 0 Å². The van der Waals surface area contributed by atoms with E-state index in [4.69, 9.17) is 0 Å². The molecule has 5 aliphatic carbocycles. The fourth-order valence-corrected chi connectivity index (χ4v) is 11.2. The Morgan fingerprint density at radius 3 is 2.16 bits per heavy atom. The van der Waals surface area contributed by atoms with Gasteiger partial charge in [0.15, 0.2) is 0 Å². The van der Waals surface area contributed by atoms with Gasteiger partial charge in [-0.2, -0.15) is 0 Å². The standard InChI is InChI=1S/C30H50O/c1-19(2)20-9-12-24-28(20,6)17-18-29(7)22-10-11-23-26(3,4)25(31)14-15-27(23,5)21(22)13-16-30(24,29)8/h13,19-20,22-25,31H,9-12,14-18H2,1-8H3. The predicted molar refractivity (Wildman–Crippen MR) is 131 cm³/mol. The lowest BCUT2D eigenvalue weighted by molar-refractivity contribution is -0.165. The molecule has 1 heteroatoms. The lowest BCUT2D eigenvalue weighted by atomic mass is 9.35. The van der Waals surface area contributed by atoms with Gasteiger partial charge in [-0.25, -0.2) is 0 Å². The second kappa shape index (κ2) is 6.64. The molecule has 4 fully saturated rings. The summed E-state index contributed by atoms with van der Waals surface area (Å²) < 4.78 is 0. The molecular formula is C30H50O. The Bertz CT molecular complexity index is 777. The van der Waals surface area contributed by atoms with Gasteiger partial charge in [0.05, 0.1) is 6.10 Å². The fraction of sp³-hybridized carbons (Fsp3) is 0.933. The van der Waals surface area contributed by atoms with Crippen molar-refractivity contribution < 1.29 is 5.11 Å². The maximum atomic E-state index is 10.8. The number of rotatable bonds is 1. The Balaban J connectivity index is 1.55. The molecule has 4 saturated carbocycles. The highest BCUT2D eigenvalue weighted by atomic mass is 16.3. The molecule has 1 nitrogen and oxygen atoms in total. The molecular weight excluding hydrogens is 376 g/mol. The predicted octanol–water partition coefficient (Wildman–Crippen LogP) is 8.02. The van der Waals surface area contributed by atoms with Crippen LogP contribution in [0.1, 0.15) is 113 Å². The molecule has 5 aliphatic rings. The first-order chi connectivity index (χ1) is 14.3. The molecule has 0 radical (unpaired) electrons. The molecule has 0 amide bonds. The molecule has 0 aromatic carbocycles. The average Bonchev–Trinajstić information content (AvgIpc) is 3.05. The maximum Gasteiger partial charge on any atom is 0.0594 e. The largest absolute Gasteiger partial charge is 0.393 e. The summed E-state index contributed by atoms with van der Waals surface area (Å²) in [7, 11) is 0.